The van der Waals surface area contributed by atoms with Crippen molar-refractivity contribution in [3.8, 4) is 6.07 Å². The molecule has 0 radical (unpaired) electrons. The second kappa shape index (κ2) is 4.12. The summed E-state index contributed by atoms with van der Waals surface area (Å²) >= 11 is 0. The van der Waals surface area contributed by atoms with Crippen molar-refractivity contribution in [1.82, 2.24) is 0 Å². The van der Waals surface area contributed by atoms with Crippen molar-refractivity contribution >= 4 is 5.69 Å². The Kier molecular flexibility index (Phi) is 2.66. The number of anilines is 1. The predicted molar refractivity (Wildman–Crippen MR) is 55.0 cm³/mol. The van der Waals surface area contributed by atoms with Crippen LogP contribution in [0.5, 0.6) is 0 Å². The van der Waals surface area contributed by atoms with Crippen LogP contribution >= 0.6 is 0 Å². The zero-order valence-corrected chi connectivity index (χ0v) is 8.11. The van der Waals surface area contributed by atoms with Gasteiger partial charge >= 0.3 is 0 Å². The molecule has 72 valence electrons. The van der Waals surface area contributed by atoms with Gasteiger partial charge < -0.3 is 10.2 Å². The van der Waals surface area contributed by atoms with Gasteiger partial charge in [-0.15, -0.1) is 0 Å². The number of hydrogen-bond acceptors (Lipinski definition) is 2. The number of rotatable bonds is 1. The topological polar surface area (TPSA) is 43.6 Å². The first kappa shape index (κ1) is 9.04. The van der Waals surface area contributed by atoms with Gasteiger partial charge in [-0.1, -0.05) is 0 Å². The van der Waals surface area contributed by atoms with Crippen molar-refractivity contribution in [2.45, 2.75) is 0 Å². The summed E-state index contributed by atoms with van der Waals surface area (Å²) in [7, 11) is 0. The van der Waals surface area contributed by atoms with Crippen LogP contribution in [-0.2, 0) is 0 Å². The number of nitrogens with two attached hydrogens (primary N) is 1. The average Bonchev–Trinajstić information content (AvgIpc) is 2.30. The highest BCUT2D eigenvalue weighted by molar-refractivity contribution is 5.49. The molecule has 0 saturated carbocycles. The summed E-state index contributed by atoms with van der Waals surface area (Å²) in [6, 6.07) is 9.96. The Morgan fingerprint density at radius 3 is 2.36 bits per heavy atom. The van der Waals surface area contributed by atoms with Crippen molar-refractivity contribution in [1.29, 1.82) is 5.26 Å². The van der Waals surface area contributed by atoms with E-state index in [-0.39, 0.29) is 0 Å². The van der Waals surface area contributed by atoms with Gasteiger partial charge in [-0.05, 0) is 24.3 Å². The molecule has 1 aromatic carbocycles. The molecular weight excluding hydrogens is 174 g/mol. The maximum Gasteiger partial charge on any atom is 0.0991 e. The van der Waals surface area contributed by atoms with Crippen LogP contribution in [0.1, 0.15) is 5.56 Å². The lowest BCUT2D eigenvalue weighted by atomic mass is 10.2. The van der Waals surface area contributed by atoms with Gasteiger partial charge in [-0.25, -0.2) is 0 Å². The van der Waals surface area contributed by atoms with E-state index in [4.69, 9.17) is 5.26 Å². The molecule has 1 saturated heterocycles. The molecule has 0 bridgehead atoms. The number of benzene rings is 1. The van der Waals surface area contributed by atoms with E-state index in [1.165, 1.54) is 18.8 Å². The van der Waals surface area contributed by atoms with Crippen molar-refractivity contribution in [2.24, 2.45) is 0 Å². The van der Waals surface area contributed by atoms with Gasteiger partial charge in [-0.2, -0.15) is 5.26 Å². The van der Waals surface area contributed by atoms with Crippen LogP contribution in [0, 0.1) is 11.3 Å². The maximum atomic E-state index is 8.67. The van der Waals surface area contributed by atoms with Gasteiger partial charge in [0.1, 0.15) is 0 Å². The number of quaternary nitrogens is 1. The van der Waals surface area contributed by atoms with Gasteiger partial charge in [0.15, 0.2) is 0 Å². The van der Waals surface area contributed by atoms with Crippen molar-refractivity contribution in [3.63, 3.8) is 0 Å². The van der Waals surface area contributed by atoms with Crippen molar-refractivity contribution in [2.75, 3.05) is 31.1 Å². The smallest absolute Gasteiger partial charge is 0.0991 e. The van der Waals surface area contributed by atoms with Crippen LogP contribution < -0.4 is 10.2 Å². The minimum Gasteiger partial charge on any atom is -0.360 e. The van der Waals surface area contributed by atoms with E-state index in [0.29, 0.717) is 0 Å². The van der Waals surface area contributed by atoms with Crippen molar-refractivity contribution in [3.05, 3.63) is 29.8 Å². The highest BCUT2D eigenvalue weighted by atomic mass is 15.2. The molecule has 2 rings (SSSR count). The minimum atomic E-state index is 0.734. The normalized spacial score (nSPS) is 16.4. The SMILES string of the molecule is N#Cc1ccc(N2CC[NH2+]CC2)cc1. The summed E-state index contributed by atoms with van der Waals surface area (Å²) < 4.78 is 0. The lowest BCUT2D eigenvalue weighted by Gasteiger charge is -2.27. The molecule has 1 aliphatic heterocycles. The van der Waals surface area contributed by atoms with Crippen LogP contribution in [0.2, 0.25) is 0 Å². The molecule has 3 nitrogen and oxygen atoms in total. The average molecular weight is 188 g/mol. The Balaban J connectivity index is 2.12. The number of piperazine rings is 1. The quantitative estimate of drug-likeness (QED) is 0.671. The maximum absolute atomic E-state index is 8.67. The van der Waals surface area contributed by atoms with E-state index >= 15 is 0 Å². The third-order valence-corrected chi connectivity index (χ3v) is 2.57. The van der Waals surface area contributed by atoms with Gasteiger partial charge in [0.25, 0.3) is 0 Å². The third-order valence-electron chi connectivity index (χ3n) is 2.57. The lowest BCUT2D eigenvalue weighted by Crippen LogP contribution is -2.89. The lowest BCUT2D eigenvalue weighted by molar-refractivity contribution is -0.655. The Morgan fingerprint density at radius 2 is 1.79 bits per heavy atom. The fraction of sp³-hybridized carbons (Fsp3) is 0.364. The predicted octanol–water partition coefficient (Wildman–Crippen LogP) is -0.0583. The Morgan fingerprint density at radius 1 is 1.14 bits per heavy atom. The number of nitriles is 1. The molecule has 1 fully saturated rings. The minimum absolute atomic E-state index is 0.734. The summed E-state index contributed by atoms with van der Waals surface area (Å²) in [5.41, 5.74) is 1.97. The molecule has 14 heavy (non-hydrogen) atoms. The molecule has 1 aromatic rings. The molecular formula is C11H14N3+. The molecule has 0 aromatic heterocycles. The molecule has 0 spiro atoms. The van der Waals surface area contributed by atoms with Crippen molar-refractivity contribution < 1.29 is 5.32 Å². The van der Waals surface area contributed by atoms with E-state index in [9.17, 15) is 0 Å². The fourth-order valence-electron chi connectivity index (χ4n) is 1.76. The molecule has 0 amide bonds. The van der Waals surface area contributed by atoms with E-state index in [1.54, 1.807) is 0 Å². The van der Waals surface area contributed by atoms with E-state index in [0.717, 1.165) is 18.7 Å². The van der Waals surface area contributed by atoms with Crippen LogP contribution in [-0.4, -0.2) is 26.2 Å². The molecule has 0 unspecified atom stereocenters. The highest BCUT2D eigenvalue weighted by Gasteiger charge is 2.11. The fourth-order valence-corrected chi connectivity index (χ4v) is 1.76. The summed E-state index contributed by atoms with van der Waals surface area (Å²) in [5, 5.41) is 11.0. The summed E-state index contributed by atoms with van der Waals surface area (Å²) in [5.74, 6) is 0. The summed E-state index contributed by atoms with van der Waals surface area (Å²) in [4.78, 5) is 2.36. The first-order valence-electron chi connectivity index (χ1n) is 4.97. The van der Waals surface area contributed by atoms with Gasteiger partial charge in [-0.3, -0.25) is 0 Å². The number of hydrogen-bond donors (Lipinski definition) is 1. The monoisotopic (exact) mass is 188 g/mol. The molecule has 1 heterocycles. The van der Waals surface area contributed by atoms with Crippen LogP contribution in [0.25, 0.3) is 0 Å². The van der Waals surface area contributed by atoms with Crippen LogP contribution in [0.4, 0.5) is 5.69 Å². The van der Waals surface area contributed by atoms with E-state index < -0.39 is 0 Å². The first-order valence-corrected chi connectivity index (χ1v) is 4.97. The second-order valence-electron chi connectivity index (χ2n) is 3.51. The standard InChI is InChI=1S/C11H13N3/c12-9-10-1-3-11(4-2-10)14-7-5-13-6-8-14/h1-4,13H,5-8H2/p+1. The Bertz CT molecular complexity index is 331. The van der Waals surface area contributed by atoms with Crippen LogP contribution in [0.15, 0.2) is 24.3 Å². The van der Waals surface area contributed by atoms with Crippen LogP contribution in [0.3, 0.4) is 0 Å². The molecule has 1 aliphatic rings. The van der Waals surface area contributed by atoms with Gasteiger partial charge in [0.05, 0.1) is 37.8 Å². The Labute approximate surface area is 84.0 Å². The molecule has 2 N–H and O–H groups in total. The van der Waals surface area contributed by atoms with E-state index in [1.807, 2.05) is 24.3 Å². The largest absolute Gasteiger partial charge is 0.360 e. The molecule has 0 aliphatic carbocycles. The molecule has 3 heteroatoms. The molecule has 0 atom stereocenters. The summed E-state index contributed by atoms with van der Waals surface area (Å²) in [6.07, 6.45) is 0. The van der Waals surface area contributed by atoms with E-state index in [2.05, 4.69) is 16.3 Å². The highest BCUT2D eigenvalue weighted by Crippen LogP contribution is 2.14. The Hall–Kier alpha value is -1.53. The summed E-state index contributed by atoms with van der Waals surface area (Å²) in [6.45, 7) is 4.54. The second-order valence-corrected chi connectivity index (χ2v) is 3.51. The third kappa shape index (κ3) is 1.86. The first-order chi connectivity index (χ1) is 6.90. The van der Waals surface area contributed by atoms with Gasteiger partial charge in [0.2, 0.25) is 0 Å². The number of nitrogens with zero attached hydrogens (tertiary/aromatic N) is 2. The zero-order chi connectivity index (χ0) is 9.80. The zero-order valence-electron chi connectivity index (χ0n) is 8.11. The van der Waals surface area contributed by atoms with Gasteiger partial charge in [0, 0.05) is 5.69 Å².